The van der Waals surface area contributed by atoms with E-state index in [0.29, 0.717) is 23.6 Å². The largest absolute Gasteiger partial charge is 0.497 e. The summed E-state index contributed by atoms with van der Waals surface area (Å²) in [6.45, 7) is 2.41. The van der Waals surface area contributed by atoms with Crippen LogP contribution in [0.3, 0.4) is 0 Å². The van der Waals surface area contributed by atoms with Crippen molar-refractivity contribution in [2.75, 3.05) is 7.11 Å². The van der Waals surface area contributed by atoms with E-state index < -0.39 is 0 Å². The molecule has 0 aliphatic carbocycles. The number of ether oxygens (including phenoxy) is 2. The summed E-state index contributed by atoms with van der Waals surface area (Å²) in [5, 5.41) is 0. The predicted molar refractivity (Wildman–Crippen MR) is 71.7 cm³/mol. The van der Waals surface area contributed by atoms with Crippen LogP contribution in [0, 0.1) is 6.92 Å². The van der Waals surface area contributed by atoms with Gasteiger partial charge in [-0.1, -0.05) is 6.07 Å². The second kappa shape index (κ2) is 5.58. The molecule has 0 saturated carbocycles. The number of hydrogen-bond acceptors (Lipinski definition) is 3. The van der Waals surface area contributed by atoms with E-state index in [0.717, 1.165) is 11.3 Å². The van der Waals surface area contributed by atoms with Gasteiger partial charge in [0.05, 0.1) is 12.8 Å². The smallest absolute Gasteiger partial charge is 0.130 e. The molecule has 2 aromatic rings. The second-order valence-corrected chi connectivity index (χ2v) is 3.99. The van der Waals surface area contributed by atoms with Crippen molar-refractivity contribution < 1.29 is 9.47 Å². The lowest BCUT2D eigenvalue weighted by atomic mass is 9.94. The van der Waals surface area contributed by atoms with Crippen LogP contribution in [-0.2, 0) is 6.61 Å². The first-order chi connectivity index (χ1) is 8.70. The van der Waals surface area contributed by atoms with Crippen molar-refractivity contribution in [1.29, 1.82) is 0 Å². The summed E-state index contributed by atoms with van der Waals surface area (Å²) in [5.74, 6) is 1.22. The van der Waals surface area contributed by atoms with Crippen LogP contribution in [0.4, 0.5) is 0 Å². The molecule has 0 spiro atoms. The van der Waals surface area contributed by atoms with Gasteiger partial charge < -0.3 is 9.47 Å². The van der Waals surface area contributed by atoms with Crippen molar-refractivity contribution in [2.24, 2.45) is 0 Å². The standard InChI is InChI=1S/C14H14BNO2/c1-10-6-7-16-11(8-10)9-18-13-5-3-4-12(17-2)14(13)15/h3-8H,9H2,1-2H3. The fourth-order valence-electron chi connectivity index (χ4n) is 1.66. The Kier molecular flexibility index (Phi) is 3.87. The van der Waals surface area contributed by atoms with Crippen molar-refractivity contribution in [1.82, 2.24) is 4.98 Å². The SMILES string of the molecule is [B]c1c(OC)cccc1OCc1cc(C)ccn1. The highest BCUT2D eigenvalue weighted by Gasteiger charge is 2.05. The van der Waals surface area contributed by atoms with Crippen molar-refractivity contribution in [3.05, 3.63) is 47.8 Å². The molecular weight excluding hydrogens is 225 g/mol. The maximum atomic E-state index is 5.92. The summed E-state index contributed by atoms with van der Waals surface area (Å²) in [6, 6.07) is 9.38. The van der Waals surface area contributed by atoms with Gasteiger partial charge in [-0.2, -0.15) is 0 Å². The van der Waals surface area contributed by atoms with Gasteiger partial charge in [-0.15, -0.1) is 0 Å². The minimum Gasteiger partial charge on any atom is -0.497 e. The first kappa shape index (κ1) is 12.5. The van der Waals surface area contributed by atoms with Gasteiger partial charge in [-0.05, 0) is 42.2 Å². The summed E-state index contributed by atoms with van der Waals surface area (Å²) in [5.41, 5.74) is 2.53. The average Bonchev–Trinajstić information content (AvgIpc) is 2.38. The lowest BCUT2D eigenvalue weighted by Gasteiger charge is -2.12. The van der Waals surface area contributed by atoms with Crippen LogP contribution in [0.15, 0.2) is 36.5 Å². The minimum absolute atomic E-state index is 0.388. The Morgan fingerprint density at radius 1 is 1.22 bits per heavy atom. The van der Waals surface area contributed by atoms with Gasteiger partial charge in [0.15, 0.2) is 0 Å². The molecule has 0 unspecified atom stereocenters. The van der Waals surface area contributed by atoms with Crippen molar-refractivity contribution >= 4 is 13.3 Å². The summed E-state index contributed by atoms with van der Waals surface area (Å²) in [6.07, 6.45) is 1.77. The van der Waals surface area contributed by atoms with Gasteiger partial charge >= 0.3 is 0 Å². The third-order valence-electron chi connectivity index (χ3n) is 2.59. The monoisotopic (exact) mass is 239 g/mol. The van der Waals surface area contributed by atoms with Crippen LogP contribution < -0.4 is 14.9 Å². The van der Waals surface area contributed by atoms with Gasteiger partial charge in [-0.25, -0.2) is 0 Å². The molecule has 0 amide bonds. The maximum Gasteiger partial charge on any atom is 0.130 e. The topological polar surface area (TPSA) is 31.4 Å². The van der Waals surface area contributed by atoms with Crippen LogP contribution in [0.25, 0.3) is 0 Å². The number of benzene rings is 1. The van der Waals surface area contributed by atoms with E-state index in [2.05, 4.69) is 4.98 Å². The number of methoxy groups -OCH3 is 1. The van der Waals surface area contributed by atoms with Crippen molar-refractivity contribution in [2.45, 2.75) is 13.5 Å². The molecule has 0 aliphatic heterocycles. The van der Waals surface area contributed by atoms with E-state index in [-0.39, 0.29) is 0 Å². The Morgan fingerprint density at radius 2 is 2.00 bits per heavy atom. The summed E-state index contributed by atoms with van der Waals surface area (Å²) < 4.78 is 10.8. The van der Waals surface area contributed by atoms with E-state index in [1.54, 1.807) is 19.4 Å². The van der Waals surface area contributed by atoms with Gasteiger partial charge in [0.25, 0.3) is 0 Å². The Balaban J connectivity index is 2.11. The number of rotatable bonds is 4. The molecule has 0 N–H and O–H groups in total. The van der Waals surface area contributed by atoms with E-state index in [1.807, 2.05) is 31.2 Å². The molecule has 18 heavy (non-hydrogen) atoms. The zero-order valence-electron chi connectivity index (χ0n) is 10.5. The molecule has 0 fully saturated rings. The van der Waals surface area contributed by atoms with E-state index >= 15 is 0 Å². The fourth-order valence-corrected chi connectivity index (χ4v) is 1.66. The third kappa shape index (κ3) is 2.83. The molecule has 0 atom stereocenters. The lowest BCUT2D eigenvalue weighted by molar-refractivity contribution is 0.302. The van der Waals surface area contributed by atoms with E-state index in [4.69, 9.17) is 17.3 Å². The Bertz CT molecular complexity index is 543. The molecule has 1 aromatic heterocycles. The molecule has 2 rings (SSSR count). The van der Waals surface area contributed by atoms with Crippen LogP contribution in [0.5, 0.6) is 11.5 Å². The first-order valence-corrected chi connectivity index (χ1v) is 5.67. The fraction of sp³-hybridized carbons (Fsp3) is 0.214. The molecule has 90 valence electrons. The third-order valence-corrected chi connectivity index (χ3v) is 2.59. The normalized spacial score (nSPS) is 10.1. The van der Waals surface area contributed by atoms with Crippen LogP contribution in [-0.4, -0.2) is 19.9 Å². The Labute approximate surface area is 108 Å². The van der Waals surface area contributed by atoms with Crippen molar-refractivity contribution in [3.8, 4) is 11.5 Å². The average molecular weight is 239 g/mol. The first-order valence-electron chi connectivity index (χ1n) is 5.67. The molecule has 0 saturated heterocycles. The quantitative estimate of drug-likeness (QED) is 0.762. The highest BCUT2D eigenvalue weighted by molar-refractivity contribution is 6.36. The van der Waals surface area contributed by atoms with Crippen LogP contribution in [0.2, 0.25) is 0 Å². The Hall–Kier alpha value is -1.97. The predicted octanol–water partition coefficient (Wildman–Crippen LogP) is 1.77. The van der Waals surface area contributed by atoms with E-state index in [1.165, 1.54) is 0 Å². The molecule has 0 aliphatic rings. The van der Waals surface area contributed by atoms with Gasteiger partial charge in [-0.3, -0.25) is 4.98 Å². The highest BCUT2D eigenvalue weighted by atomic mass is 16.5. The maximum absolute atomic E-state index is 5.92. The summed E-state index contributed by atoms with van der Waals surface area (Å²) in [4.78, 5) is 4.23. The molecule has 1 aromatic carbocycles. The number of hydrogen-bond donors (Lipinski definition) is 0. The van der Waals surface area contributed by atoms with Gasteiger partial charge in [0.2, 0.25) is 0 Å². The van der Waals surface area contributed by atoms with Crippen LogP contribution in [0.1, 0.15) is 11.3 Å². The number of pyridine rings is 1. The summed E-state index contributed by atoms with van der Waals surface area (Å²) >= 11 is 0. The molecule has 3 nitrogen and oxygen atoms in total. The molecule has 2 radical (unpaired) electrons. The molecule has 1 heterocycles. The number of aryl methyl sites for hydroxylation is 1. The zero-order chi connectivity index (χ0) is 13.0. The van der Waals surface area contributed by atoms with Gasteiger partial charge in [0, 0.05) is 6.20 Å². The molecular formula is C14H14BNO2. The van der Waals surface area contributed by atoms with Crippen LogP contribution >= 0.6 is 0 Å². The Morgan fingerprint density at radius 3 is 2.72 bits per heavy atom. The number of nitrogens with zero attached hydrogens (tertiary/aromatic N) is 1. The molecule has 0 bridgehead atoms. The zero-order valence-corrected chi connectivity index (χ0v) is 10.5. The van der Waals surface area contributed by atoms with Gasteiger partial charge in [0.1, 0.15) is 26.0 Å². The highest BCUT2D eigenvalue weighted by Crippen LogP contribution is 2.15. The lowest BCUT2D eigenvalue weighted by Crippen LogP contribution is -2.12. The minimum atomic E-state index is 0.388. The van der Waals surface area contributed by atoms with Crippen molar-refractivity contribution in [3.63, 3.8) is 0 Å². The van der Waals surface area contributed by atoms with E-state index in [9.17, 15) is 0 Å². The number of aromatic nitrogens is 1. The summed E-state index contributed by atoms with van der Waals surface area (Å²) in [7, 11) is 7.50. The molecule has 4 heteroatoms. The second-order valence-electron chi connectivity index (χ2n) is 3.99.